The number of rotatable bonds is 12. The van der Waals surface area contributed by atoms with Gasteiger partial charge in [-0.2, -0.15) is 4.31 Å². The number of nitrogens with zero attached hydrogens (tertiary/aromatic N) is 1. The third kappa shape index (κ3) is 5.92. The van der Waals surface area contributed by atoms with E-state index >= 15 is 0 Å². The Bertz CT molecular complexity index is 1000. The first kappa shape index (κ1) is 25.5. The Hall–Kier alpha value is -2.78. The van der Waals surface area contributed by atoms with E-state index in [9.17, 15) is 13.2 Å². The molecule has 0 unspecified atom stereocenters. The molecule has 0 atom stereocenters. The van der Waals surface area contributed by atoms with Gasteiger partial charge in [-0.05, 0) is 35.7 Å². The summed E-state index contributed by atoms with van der Waals surface area (Å²) in [4.78, 5) is 12.6. The molecule has 0 aliphatic carbocycles. The molecule has 0 saturated heterocycles. The molecule has 2 rings (SSSR count). The lowest BCUT2D eigenvalue weighted by Gasteiger charge is -2.18. The Morgan fingerprint density at radius 3 is 2.06 bits per heavy atom. The number of hydrogen-bond acceptors (Lipinski definition) is 6. The molecule has 1 amide bonds. The van der Waals surface area contributed by atoms with Crippen molar-refractivity contribution in [2.24, 2.45) is 0 Å². The third-order valence-electron chi connectivity index (χ3n) is 5.16. The normalized spacial score (nSPS) is 11.3. The average Bonchev–Trinajstić information content (AvgIpc) is 2.81. The summed E-state index contributed by atoms with van der Waals surface area (Å²) in [5, 5.41) is 2.87. The van der Waals surface area contributed by atoms with Crippen LogP contribution in [0.1, 0.15) is 31.4 Å². The van der Waals surface area contributed by atoms with E-state index in [-0.39, 0.29) is 17.2 Å². The summed E-state index contributed by atoms with van der Waals surface area (Å²) in [6.07, 6.45) is 0.733. The Morgan fingerprint density at radius 2 is 1.53 bits per heavy atom. The lowest BCUT2D eigenvalue weighted by atomic mass is 10.1. The van der Waals surface area contributed by atoms with Gasteiger partial charge in [0.25, 0.3) is 0 Å². The molecule has 0 aliphatic rings. The maximum absolute atomic E-state index is 12.6. The summed E-state index contributed by atoms with van der Waals surface area (Å²) in [6.45, 7) is 4.77. The average molecular weight is 465 g/mol. The fraction of sp³-hybridized carbons (Fsp3) is 0.435. The van der Waals surface area contributed by atoms with Gasteiger partial charge in [-0.15, -0.1) is 0 Å². The van der Waals surface area contributed by atoms with Gasteiger partial charge in [0.15, 0.2) is 11.5 Å². The molecule has 0 fully saturated rings. The molecule has 2 aromatic rings. The van der Waals surface area contributed by atoms with Crippen molar-refractivity contribution in [1.82, 2.24) is 9.62 Å². The van der Waals surface area contributed by atoms with Crippen LogP contribution in [-0.4, -0.2) is 53.0 Å². The van der Waals surface area contributed by atoms with Gasteiger partial charge in [-0.1, -0.05) is 32.0 Å². The Balaban J connectivity index is 1.97. The van der Waals surface area contributed by atoms with Crippen LogP contribution in [0, 0.1) is 0 Å². The van der Waals surface area contributed by atoms with Crippen LogP contribution in [0.15, 0.2) is 41.3 Å². The highest BCUT2D eigenvalue weighted by Crippen LogP contribution is 2.40. The van der Waals surface area contributed by atoms with Crippen molar-refractivity contribution in [2.45, 2.75) is 38.1 Å². The fourth-order valence-electron chi connectivity index (χ4n) is 3.39. The summed E-state index contributed by atoms with van der Waals surface area (Å²) in [5.74, 6) is 1.47. The van der Waals surface area contributed by atoms with Crippen LogP contribution in [0.2, 0.25) is 0 Å². The number of amides is 1. The minimum Gasteiger partial charge on any atom is -0.493 e. The van der Waals surface area contributed by atoms with Crippen molar-refractivity contribution in [3.05, 3.63) is 47.5 Å². The van der Waals surface area contributed by atoms with Crippen LogP contribution in [0.4, 0.5) is 0 Å². The van der Waals surface area contributed by atoms with Crippen LogP contribution in [-0.2, 0) is 27.8 Å². The zero-order valence-electron chi connectivity index (χ0n) is 19.3. The van der Waals surface area contributed by atoms with Gasteiger partial charge in [0.1, 0.15) is 0 Å². The molecule has 0 aromatic heterocycles. The van der Waals surface area contributed by atoms with Gasteiger partial charge in [0, 0.05) is 26.1 Å². The van der Waals surface area contributed by atoms with Gasteiger partial charge < -0.3 is 19.5 Å². The van der Waals surface area contributed by atoms with E-state index in [2.05, 4.69) is 5.32 Å². The smallest absolute Gasteiger partial charge is 0.243 e. The number of nitrogens with one attached hydrogen (secondary N) is 1. The molecule has 1 N–H and O–H groups in total. The van der Waals surface area contributed by atoms with Crippen molar-refractivity contribution in [2.75, 3.05) is 34.4 Å². The Kier molecular flexibility index (Phi) is 9.34. The van der Waals surface area contributed by atoms with Crippen LogP contribution in [0.25, 0.3) is 0 Å². The predicted octanol–water partition coefficient (Wildman–Crippen LogP) is 2.99. The first-order chi connectivity index (χ1) is 15.3. The van der Waals surface area contributed by atoms with E-state index in [0.717, 1.165) is 11.1 Å². The summed E-state index contributed by atoms with van der Waals surface area (Å²) < 4.78 is 42.6. The molecule has 0 spiro atoms. The SMILES string of the molecule is CCN(CC)S(=O)(=O)c1ccc(CNC(=O)CCc2ccc(OC)c(OC)c2OC)cc1. The predicted molar refractivity (Wildman–Crippen MR) is 123 cm³/mol. The molecule has 0 aliphatic heterocycles. The van der Waals surface area contributed by atoms with Crippen LogP contribution in [0.5, 0.6) is 17.2 Å². The molecule has 9 heteroatoms. The second kappa shape index (κ2) is 11.7. The van der Waals surface area contributed by atoms with Crippen LogP contribution >= 0.6 is 0 Å². The molecule has 0 saturated carbocycles. The topological polar surface area (TPSA) is 94.2 Å². The summed E-state index contributed by atoms with van der Waals surface area (Å²) in [5.41, 5.74) is 1.66. The highest BCUT2D eigenvalue weighted by Gasteiger charge is 2.21. The van der Waals surface area contributed by atoms with Gasteiger partial charge in [-0.25, -0.2) is 8.42 Å². The molecule has 0 heterocycles. The summed E-state index contributed by atoms with van der Waals surface area (Å²) in [7, 11) is 1.14. The number of hydrogen-bond donors (Lipinski definition) is 1. The second-order valence-corrected chi connectivity index (χ2v) is 8.94. The number of carbonyl (C=O) groups is 1. The maximum atomic E-state index is 12.6. The molecule has 0 radical (unpaired) electrons. The van der Waals surface area contributed by atoms with Crippen molar-refractivity contribution >= 4 is 15.9 Å². The number of benzene rings is 2. The number of methoxy groups -OCH3 is 3. The standard InChI is InChI=1S/C23H32N2O6S/c1-6-25(7-2)32(27,28)19-12-8-17(9-13-19)16-24-21(26)15-11-18-10-14-20(29-3)23(31-5)22(18)30-4/h8-10,12-14H,6-7,11,15-16H2,1-5H3,(H,24,26). The molecular weight excluding hydrogens is 432 g/mol. The number of ether oxygens (including phenoxy) is 3. The molecule has 2 aromatic carbocycles. The highest BCUT2D eigenvalue weighted by atomic mass is 32.2. The minimum absolute atomic E-state index is 0.123. The Labute approximate surface area is 190 Å². The van der Waals surface area contributed by atoms with E-state index in [1.807, 2.05) is 19.9 Å². The first-order valence-electron chi connectivity index (χ1n) is 10.5. The highest BCUT2D eigenvalue weighted by molar-refractivity contribution is 7.89. The molecular formula is C23H32N2O6S. The largest absolute Gasteiger partial charge is 0.493 e. The van der Waals surface area contributed by atoms with Gasteiger partial charge in [0.2, 0.25) is 21.7 Å². The molecule has 8 nitrogen and oxygen atoms in total. The van der Waals surface area contributed by atoms with Gasteiger partial charge in [0.05, 0.1) is 26.2 Å². The first-order valence-corrected chi connectivity index (χ1v) is 11.9. The summed E-state index contributed by atoms with van der Waals surface area (Å²) in [6, 6.07) is 10.2. The third-order valence-corrected chi connectivity index (χ3v) is 7.23. The van der Waals surface area contributed by atoms with E-state index in [4.69, 9.17) is 14.2 Å². The number of aryl methyl sites for hydroxylation is 1. The fourth-order valence-corrected chi connectivity index (χ4v) is 4.85. The molecule has 0 bridgehead atoms. The monoisotopic (exact) mass is 464 g/mol. The van der Waals surface area contributed by atoms with E-state index in [1.165, 1.54) is 11.4 Å². The number of carbonyl (C=O) groups excluding carboxylic acids is 1. The van der Waals surface area contributed by atoms with E-state index in [1.54, 1.807) is 44.6 Å². The van der Waals surface area contributed by atoms with Gasteiger partial charge >= 0.3 is 0 Å². The molecule has 176 valence electrons. The molecule has 32 heavy (non-hydrogen) atoms. The van der Waals surface area contributed by atoms with Crippen molar-refractivity contribution in [1.29, 1.82) is 0 Å². The van der Waals surface area contributed by atoms with Crippen molar-refractivity contribution in [3.8, 4) is 17.2 Å². The van der Waals surface area contributed by atoms with E-state index in [0.29, 0.717) is 43.3 Å². The number of sulfonamides is 1. The van der Waals surface area contributed by atoms with E-state index < -0.39 is 10.0 Å². The van der Waals surface area contributed by atoms with Crippen LogP contribution in [0.3, 0.4) is 0 Å². The zero-order valence-corrected chi connectivity index (χ0v) is 20.1. The van der Waals surface area contributed by atoms with Crippen LogP contribution < -0.4 is 19.5 Å². The lowest BCUT2D eigenvalue weighted by Crippen LogP contribution is -2.30. The van der Waals surface area contributed by atoms with Crippen molar-refractivity contribution < 1.29 is 27.4 Å². The lowest BCUT2D eigenvalue weighted by molar-refractivity contribution is -0.121. The second-order valence-electron chi connectivity index (χ2n) is 7.00. The minimum atomic E-state index is -3.49. The Morgan fingerprint density at radius 1 is 0.906 bits per heavy atom. The van der Waals surface area contributed by atoms with Crippen molar-refractivity contribution in [3.63, 3.8) is 0 Å². The quantitative estimate of drug-likeness (QED) is 0.519. The van der Waals surface area contributed by atoms with Gasteiger partial charge in [-0.3, -0.25) is 4.79 Å². The zero-order chi connectivity index (χ0) is 23.7. The maximum Gasteiger partial charge on any atom is 0.243 e. The summed E-state index contributed by atoms with van der Waals surface area (Å²) >= 11 is 0.